The highest BCUT2D eigenvalue weighted by molar-refractivity contribution is 6.02. The molecule has 1 heterocycles. The van der Waals surface area contributed by atoms with Crippen molar-refractivity contribution in [1.29, 1.82) is 0 Å². The second-order valence-electron chi connectivity index (χ2n) is 6.10. The zero-order valence-corrected chi connectivity index (χ0v) is 14.4. The summed E-state index contributed by atoms with van der Waals surface area (Å²) in [5.74, 6) is 1.85. The van der Waals surface area contributed by atoms with E-state index in [1.165, 1.54) is 5.56 Å². The number of hydrogen-bond acceptors (Lipinski definition) is 3. The van der Waals surface area contributed by atoms with Crippen molar-refractivity contribution in [3.05, 3.63) is 83.8 Å². The van der Waals surface area contributed by atoms with Gasteiger partial charge in [0.1, 0.15) is 18.1 Å². The number of nitrogens with one attached hydrogen (secondary N) is 1. The molecule has 0 atom stereocenters. The van der Waals surface area contributed by atoms with Crippen molar-refractivity contribution < 1.29 is 13.9 Å². The molecule has 1 amide bonds. The normalized spacial score (nSPS) is 10.7. The van der Waals surface area contributed by atoms with E-state index in [0.29, 0.717) is 11.7 Å². The highest BCUT2D eigenvalue weighted by Crippen LogP contribution is 2.20. The third-order valence-corrected chi connectivity index (χ3v) is 3.84. The van der Waals surface area contributed by atoms with Crippen LogP contribution in [0.25, 0.3) is 0 Å². The van der Waals surface area contributed by atoms with Gasteiger partial charge >= 0.3 is 0 Å². The van der Waals surface area contributed by atoms with Crippen LogP contribution >= 0.6 is 0 Å². The van der Waals surface area contributed by atoms with Crippen molar-refractivity contribution in [2.45, 2.75) is 26.4 Å². The Hall–Kier alpha value is -3.01. The lowest BCUT2D eigenvalue weighted by Gasteiger charge is -2.08. The van der Waals surface area contributed by atoms with Gasteiger partial charge in [-0.1, -0.05) is 44.2 Å². The van der Waals surface area contributed by atoms with E-state index in [1.54, 1.807) is 12.1 Å². The van der Waals surface area contributed by atoms with Crippen molar-refractivity contribution in [2.75, 3.05) is 5.32 Å². The summed E-state index contributed by atoms with van der Waals surface area (Å²) in [5, 5.41) is 2.79. The molecule has 0 saturated carbocycles. The number of furan rings is 1. The number of benzene rings is 2. The second-order valence-corrected chi connectivity index (χ2v) is 6.10. The molecule has 0 unspecified atom stereocenters. The molecule has 1 aromatic heterocycles. The molecule has 4 nitrogen and oxygen atoms in total. The highest BCUT2D eigenvalue weighted by atomic mass is 16.5. The lowest BCUT2D eigenvalue weighted by atomic mass is 10.0. The third-order valence-electron chi connectivity index (χ3n) is 3.84. The van der Waals surface area contributed by atoms with Crippen molar-refractivity contribution >= 4 is 11.6 Å². The van der Waals surface area contributed by atoms with Gasteiger partial charge in [0, 0.05) is 5.69 Å². The Bertz CT molecular complexity index is 820. The lowest BCUT2D eigenvalue weighted by molar-refractivity contribution is 0.0992. The van der Waals surface area contributed by atoms with E-state index in [9.17, 15) is 4.79 Å². The van der Waals surface area contributed by atoms with Crippen LogP contribution in [0.3, 0.4) is 0 Å². The van der Waals surface area contributed by atoms with E-state index in [-0.39, 0.29) is 18.3 Å². The molecule has 0 fully saturated rings. The van der Waals surface area contributed by atoms with Gasteiger partial charge in [0.15, 0.2) is 5.76 Å². The summed E-state index contributed by atoms with van der Waals surface area (Å²) in [7, 11) is 0. The fourth-order valence-electron chi connectivity index (χ4n) is 2.40. The van der Waals surface area contributed by atoms with Crippen LogP contribution in [0, 0.1) is 0 Å². The Kier molecular flexibility index (Phi) is 5.19. The lowest BCUT2D eigenvalue weighted by Crippen LogP contribution is -2.10. The number of rotatable bonds is 6. The van der Waals surface area contributed by atoms with Gasteiger partial charge in [-0.15, -0.1) is 0 Å². The minimum Gasteiger partial charge on any atom is -0.486 e. The van der Waals surface area contributed by atoms with Crippen molar-refractivity contribution in [3.8, 4) is 5.75 Å². The van der Waals surface area contributed by atoms with Gasteiger partial charge in [0.2, 0.25) is 0 Å². The fraction of sp³-hybridized carbons (Fsp3) is 0.190. The third kappa shape index (κ3) is 4.51. The van der Waals surface area contributed by atoms with Gasteiger partial charge < -0.3 is 14.5 Å². The maximum absolute atomic E-state index is 12.2. The predicted molar refractivity (Wildman–Crippen MR) is 98.0 cm³/mol. The van der Waals surface area contributed by atoms with Gasteiger partial charge in [-0.05, 0) is 47.9 Å². The fourth-order valence-corrected chi connectivity index (χ4v) is 2.40. The zero-order valence-electron chi connectivity index (χ0n) is 14.4. The van der Waals surface area contributed by atoms with Crippen molar-refractivity contribution in [3.63, 3.8) is 0 Å². The molecule has 128 valence electrons. The van der Waals surface area contributed by atoms with Crippen molar-refractivity contribution in [1.82, 2.24) is 0 Å². The SMILES string of the molecule is CC(C)c1ccc(OCc2ccc(C(=O)Nc3ccccc3)o2)cc1. The molecule has 0 spiro atoms. The Labute approximate surface area is 147 Å². The van der Waals surface area contributed by atoms with E-state index < -0.39 is 0 Å². The maximum atomic E-state index is 12.2. The van der Waals surface area contributed by atoms with Crippen LogP contribution in [0.4, 0.5) is 5.69 Å². The first-order valence-electron chi connectivity index (χ1n) is 8.29. The molecule has 1 N–H and O–H groups in total. The second kappa shape index (κ2) is 7.71. The smallest absolute Gasteiger partial charge is 0.291 e. The topological polar surface area (TPSA) is 51.5 Å². The number of anilines is 1. The number of ether oxygens (including phenoxy) is 1. The summed E-state index contributed by atoms with van der Waals surface area (Å²) in [6.45, 7) is 4.58. The van der Waals surface area contributed by atoms with Crippen LogP contribution in [0.1, 0.15) is 41.6 Å². The highest BCUT2D eigenvalue weighted by Gasteiger charge is 2.12. The van der Waals surface area contributed by atoms with Crippen LogP contribution in [-0.2, 0) is 6.61 Å². The molecular formula is C21H21NO3. The average molecular weight is 335 g/mol. The standard InChI is InChI=1S/C21H21NO3/c1-15(2)16-8-10-18(11-9-16)24-14-19-12-13-20(25-19)21(23)22-17-6-4-3-5-7-17/h3-13,15H,14H2,1-2H3,(H,22,23). The number of para-hydroxylation sites is 1. The van der Waals surface area contributed by atoms with E-state index in [2.05, 4.69) is 31.3 Å². The first-order chi connectivity index (χ1) is 12.1. The summed E-state index contributed by atoms with van der Waals surface area (Å²) in [6.07, 6.45) is 0. The Balaban J connectivity index is 1.57. The van der Waals surface area contributed by atoms with Crippen molar-refractivity contribution in [2.24, 2.45) is 0 Å². The molecule has 0 aliphatic heterocycles. The van der Waals surface area contributed by atoms with Gasteiger partial charge in [-0.25, -0.2) is 0 Å². The minimum atomic E-state index is -0.279. The molecule has 0 radical (unpaired) electrons. The predicted octanol–water partition coefficient (Wildman–Crippen LogP) is 5.23. The molecule has 0 bridgehead atoms. The Morgan fingerprint density at radius 1 is 1.00 bits per heavy atom. The Morgan fingerprint density at radius 2 is 1.72 bits per heavy atom. The summed E-state index contributed by atoms with van der Waals surface area (Å²) < 4.78 is 11.3. The van der Waals surface area contributed by atoms with Crippen LogP contribution in [-0.4, -0.2) is 5.91 Å². The van der Waals surface area contributed by atoms with Crippen LogP contribution in [0.2, 0.25) is 0 Å². The van der Waals surface area contributed by atoms with Crippen LogP contribution < -0.4 is 10.1 Å². The summed E-state index contributed by atoms with van der Waals surface area (Å²) >= 11 is 0. The summed E-state index contributed by atoms with van der Waals surface area (Å²) in [6, 6.07) is 20.7. The summed E-state index contributed by atoms with van der Waals surface area (Å²) in [4.78, 5) is 12.2. The number of hydrogen-bond donors (Lipinski definition) is 1. The van der Waals surface area contributed by atoms with Gasteiger partial charge in [0.25, 0.3) is 5.91 Å². The molecule has 4 heteroatoms. The molecule has 3 rings (SSSR count). The largest absolute Gasteiger partial charge is 0.486 e. The Morgan fingerprint density at radius 3 is 2.40 bits per heavy atom. The van der Waals surface area contributed by atoms with Gasteiger partial charge in [0.05, 0.1) is 0 Å². The first kappa shape index (κ1) is 16.8. The van der Waals surface area contributed by atoms with Crippen LogP contribution in [0.5, 0.6) is 5.75 Å². The number of amides is 1. The molecular weight excluding hydrogens is 314 g/mol. The molecule has 2 aromatic carbocycles. The number of carbonyl (C=O) groups excluding carboxylic acids is 1. The number of carbonyl (C=O) groups is 1. The van der Waals surface area contributed by atoms with E-state index >= 15 is 0 Å². The zero-order chi connectivity index (χ0) is 17.6. The first-order valence-corrected chi connectivity index (χ1v) is 8.29. The molecule has 3 aromatic rings. The monoisotopic (exact) mass is 335 g/mol. The minimum absolute atomic E-state index is 0.262. The van der Waals surface area contributed by atoms with E-state index in [4.69, 9.17) is 9.15 Å². The van der Waals surface area contributed by atoms with E-state index in [0.717, 1.165) is 11.4 Å². The van der Waals surface area contributed by atoms with Crippen LogP contribution in [0.15, 0.2) is 71.1 Å². The average Bonchev–Trinajstić information content (AvgIpc) is 3.10. The van der Waals surface area contributed by atoms with Gasteiger partial charge in [-0.3, -0.25) is 4.79 Å². The summed E-state index contributed by atoms with van der Waals surface area (Å²) in [5.41, 5.74) is 2.00. The van der Waals surface area contributed by atoms with E-state index in [1.807, 2.05) is 42.5 Å². The van der Waals surface area contributed by atoms with Gasteiger partial charge in [-0.2, -0.15) is 0 Å². The molecule has 0 aliphatic carbocycles. The quantitative estimate of drug-likeness (QED) is 0.670. The maximum Gasteiger partial charge on any atom is 0.291 e. The molecule has 0 aliphatic rings. The molecule has 0 saturated heterocycles. The molecule has 25 heavy (non-hydrogen) atoms.